The zero-order valence-corrected chi connectivity index (χ0v) is 10.3. The third-order valence-corrected chi connectivity index (χ3v) is 3.07. The van der Waals surface area contributed by atoms with E-state index in [-0.39, 0.29) is 5.69 Å². The summed E-state index contributed by atoms with van der Waals surface area (Å²) in [7, 11) is 0. The number of halogens is 2. The number of carbonyl (C=O) groups is 2. The van der Waals surface area contributed by atoms with Crippen LogP contribution in [0, 0.1) is 5.82 Å². The van der Waals surface area contributed by atoms with E-state index >= 15 is 0 Å². The van der Waals surface area contributed by atoms with Crippen LogP contribution in [-0.4, -0.2) is 21.7 Å². The summed E-state index contributed by atoms with van der Waals surface area (Å²) in [4.78, 5) is 21.8. The predicted octanol–water partition coefficient (Wildman–Crippen LogP) is 2.53. The van der Waals surface area contributed by atoms with E-state index in [0.717, 1.165) is 17.8 Å². The first-order valence-corrected chi connectivity index (χ1v) is 5.82. The molecular formula is C10H9ClFNO3S. The minimum atomic E-state index is -1.18. The maximum absolute atomic E-state index is 13.3. The molecule has 1 aromatic rings. The lowest BCUT2D eigenvalue weighted by atomic mass is 10.3. The Morgan fingerprint density at radius 3 is 2.71 bits per heavy atom. The van der Waals surface area contributed by atoms with Gasteiger partial charge >= 0.3 is 5.97 Å². The van der Waals surface area contributed by atoms with Crippen LogP contribution in [0.3, 0.4) is 0 Å². The third kappa shape index (κ3) is 4.24. The normalized spacial score (nSPS) is 11.9. The van der Waals surface area contributed by atoms with Crippen LogP contribution >= 0.6 is 23.4 Å². The van der Waals surface area contributed by atoms with Crippen molar-refractivity contribution in [1.29, 1.82) is 0 Å². The number of benzene rings is 1. The zero-order valence-electron chi connectivity index (χ0n) is 8.74. The molecule has 4 nitrogen and oxygen atoms in total. The number of aliphatic carboxylic acids is 1. The zero-order chi connectivity index (χ0) is 13.0. The Morgan fingerprint density at radius 1 is 1.53 bits per heavy atom. The van der Waals surface area contributed by atoms with E-state index in [1.165, 1.54) is 19.1 Å². The molecule has 0 fully saturated rings. The van der Waals surface area contributed by atoms with Crippen molar-refractivity contribution in [3.63, 3.8) is 0 Å². The highest BCUT2D eigenvalue weighted by atomic mass is 35.5. The SMILES string of the molecule is CC(=O)Nc1cc(SC(Cl)C(=O)O)ccc1F. The number of carboxylic acids is 1. The van der Waals surface area contributed by atoms with Gasteiger partial charge in [-0.05, 0) is 18.2 Å². The van der Waals surface area contributed by atoms with Gasteiger partial charge in [-0.1, -0.05) is 23.4 Å². The maximum Gasteiger partial charge on any atom is 0.332 e. The quantitative estimate of drug-likeness (QED) is 0.656. The Morgan fingerprint density at radius 2 is 2.18 bits per heavy atom. The van der Waals surface area contributed by atoms with Crippen molar-refractivity contribution in [3.05, 3.63) is 24.0 Å². The van der Waals surface area contributed by atoms with E-state index in [4.69, 9.17) is 16.7 Å². The van der Waals surface area contributed by atoms with Crippen LogP contribution in [0.15, 0.2) is 23.1 Å². The highest BCUT2D eigenvalue weighted by molar-refractivity contribution is 8.01. The molecule has 1 aromatic carbocycles. The first-order valence-electron chi connectivity index (χ1n) is 4.51. The monoisotopic (exact) mass is 277 g/mol. The van der Waals surface area contributed by atoms with Gasteiger partial charge < -0.3 is 10.4 Å². The van der Waals surface area contributed by atoms with Crippen molar-refractivity contribution in [3.8, 4) is 0 Å². The molecule has 1 unspecified atom stereocenters. The van der Waals surface area contributed by atoms with Gasteiger partial charge in [-0.3, -0.25) is 4.79 Å². The van der Waals surface area contributed by atoms with Gasteiger partial charge in [0.2, 0.25) is 5.91 Å². The minimum absolute atomic E-state index is 0.00300. The van der Waals surface area contributed by atoms with Crippen LogP contribution in [0.5, 0.6) is 0 Å². The molecule has 0 spiro atoms. The van der Waals surface area contributed by atoms with E-state index in [9.17, 15) is 14.0 Å². The standard InChI is InChI=1S/C10H9ClFNO3S/c1-5(14)13-8-4-6(2-3-7(8)12)17-9(11)10(15)16/h2-4,9H,1H3,(H,13,14)(H,15,16). The second-order valence-electron chi connectivity index (χ2n) is 3.09. The van der Waals surface area contributed by atoms with Crippen molar-refractivity contribution in [2.24, 2.45) is 0 Å². The molecule has 0 radical (unpaired) electrons. The van der Waals surface area contributed by atoms with Crippen molar-refractivity contribution in [2.75, 3.05) is 5.32 Å². The summed E-state index contributed by atoms with van der Waals surface area (Å²) in [6.45, 7) is 1.25. The Hall–Kier alpha value is -1.27. The van der Waals surface area contributed by atoms with Gasteiger partial charge in [0.05, 0.1) is 5.69 Å². The first kappa shape index (κ1) is 13.8. The summed E-state index contributed by atoms with van der Waals surface area (Å²) >= 11 is 6.38. The minimum Gasteiger partial charge on any atom is -0.480 e. The lowest BCUT2D eigenvalue weighted by Crippen LogP contribution is -2.09. The lowest BCUT2D eigenvalue weighted by Gasteiger charge is -2.08. The molecule has 1 atom stereocenters. The van der Waals surface area contributed by atoms with E-state index in [1.54, 1.807) is 0 Å². The summed E-state index contributed by atoms with van der Waals surface area (Å²) in [5, 5.41) is 10.9. The van der Waals surface area contributed by atoms with Crippen LogP contribution in [0.4, 0.5) is 10.1 Å². The molecule has 7 heteroatoms. The van der Waals surface area contributed by atoms with Crippen molar-refractivity contribution in [2.45, 2.75) is 16.5 Å². The van der Waals surface area contributed by atoms with E-state index in [1.807, 2.05) is 0 Å². The molecule has 17 heavy (non-hydrogen) atoms. The van der Waals surface area contributed by atoms with Crippen LogP contribution in [0.2, 0.25) is 0 Å². The number of hydrogen-bond donors (Lipinski definition) is 2. The van der Waals surface area contributed by atoms with E-state index in [0.29, 0.717) is 4.90 Å². The molecule has 0 bridgehead atoms. The molecule has 0 heterocycles. The topological polar surface area (TPSA) is 66.4 Å². The van der Waals surface area contributed by atoms with Crippen LogP contribution in [0.1, 0.15) is 6.92 Å². The van der Waals surface area contributed by atoms with Crippen LogP contribution in [0.25, 0.3) is 0 Å². The predicted molar refractivity (Wildman–Crippen MR) is 63.8 cm³/mol. The summed E-state index contributed by atoms with van der Waals surface area (Å²) in [6.07, 6.45) is 0. The Bertz CT molecular complexity index is 455. The van der Waals surface area contributed by atoms with E-state index in [2.05, 4.69) is 5.32 Å². The average molecular weight is 278 g/mol. The van der Waals surface area contributed by atoms with Crippen LogP contribution < -0.4 is 5.32 Å². The third-order valence-electron chi connectivity index (χ3n) is 1.68. The Labute approximate surface area is 106 Å². The van der Waals surface area contributed by atoms with Gasteiger partial charge in [0.25, 0.3) is 0 Å². The molecule has 0 aliphatic carbocycles. The van der Waals surface area contributed by atoms with Gasteiger partial charge in [-0.25, -0.2) is 9.18 Å². The molecule has 0 aliphatic rings. The molecule has 1 rings (SSSR count). The maximum atomic E-state index is 13.3. The van der Waals surface area contributed by atoms with Crippen molar-refractivity contribution in [1.82, 2.24) is 0 Å². The molecule has 0 aromatic heterocycles. The molecule has 0 saturated heterocycles. The molecular weight excluding hydrogens is 269 g/mol. The summed E-state index contributed by atoms with van der Waals surface area (Å²) in [6, 6.07) is 3.86. The van der Waals surface area contributed by atoms with Gasteiger partial charge in [0.15, 0.2) is 4.71 Å². The fourth-order valence-corrected chi connectivity index (χ4v) is 2.01. The number of nitrogens with one attached hydrogen (secondary N) is 1. The lowest BCUT2D eigenvalue weighted by molar-refractivity contribution is -0.134. The van der Waals surface area contributed by atoms with Crippen LogP contribution in [-0.2, 0) is 9.59 Å². The Balaban J connectivity index is 2.88. The fraction of sp³-hybridized carbons (Fsp3) is 0.200. The Kier molecular flexibility index (Phi) is 4.77. The average Bonchev–Trinajstić information content (AvgIpc) is 2.22. The second kappa shape index (κ2) is 5.88. The molecule has 92 valence electrons. The summed E-state index contributed by atoms with van der Waals surface area (Å²) in [5.74, 6) is -2.18. The fourth-order valence-electron chi connectivity index (χ4n) is 1.03. The molecule has 1 amide bonds. The van der Waals surface area contributed by atoms with Gasteiger partial charge in [-0.2, -0.15) is 0 Å². The van der Waals surface area contributed by atoms with E-state index < -0.39 is 22.4 Å². The number of anilines is 1. The molecule has 2 N–H and O–H groups in total. The first-order chi connectivity index (χ1) is 7.90. The van der Waals surface area contributed by atoms with Gasteiger partial charge in [0, 0.05) is 11.8 Å². The van der Waals surface area contributed by atoms with Crippen molar-refractivity contribution < 1.29 is 19.1 Å². The number of hydrogen-bond acceptors (Lipinski definition) is 3. The van der Waals surface area contributed by atoms with Gasteiger partial charge in [-0.15, -0.1) is 0 Å². The smallest absolute Gasteiger partial charge is 0.332 e. The highest BCUT2D eigenvalue weighted by Crippen LogP contribution is 2.29. The molecule has 0 saturated carbocycles. The number of alkyl halides is 1. The highest BCUT2D eigenvalue weighted by Gasteiger charge is 2.16. The second-order valence-corrected chi connectivity index (χ2v) is 4.97. The summed E-state index contributed by atoms with van der Waals surface area (Å²) in [5.41, 5.74) is -0.00300. The number of carboxylic acid groups (broad SMARTS) is 1. The number of carbonyl (C=O) groups excluding carboxylic acids is 1. The number of rotatable bonds is 4. The number of amides is 1. The molecule has 0 aliphatic heterocycles. The van der Waals surface area contributed by atoms with Gasteiger partial charge in [0.1, 0.15) is 5.82 Å². The number of thioether (sulfide) groups is 1. The van der Waals surface area contributed by atoms with Crippen molar-refractivity contribution >= 4 is 40.9 Å². The summed E-state index contributed by atoms with van der Waals surface area (Å²) < 4.78 is 12.1. The largest absolute Gasteiger partial charge is 0.480 e.